The Labute approximate surface area is 168 Å². The van der Waals surface area contributed by atoms with E-state index >= 15 is 0 Å². The van der Waals surface area contributed by atoms with Gasteiger partial charge in [-0.05, 0) is 25.0 Å². The van der Waals surface area contributed by atoms with Gasteiger partial charge in [0.15, 0.2) is 5.56 Å². The Morgan fingerprint density at radius 1 is 1.14 bits per heavy atom. The molecule has 0 atom stereocenters. The second-order valence-electron chi connectivity index (χ2n) is 7.47. The van der Waals surface area contributed by atoms with Crippen LogP contribution in [0.2, 0.25) is 0 Å². The van der Waals surface area contributed by atoms with Crippen molar-refractivity contribution in [2.24, 2.45) is 14.1 Å². The van der Waals surface area contributed by atoms with Gasteiger partial charge in [-0.15, -0.1) is 0 Å². The number of benzene rings is 1. The summed E-state index contributed by atoms with van der Waals surface area (Å²) in [6, 6.07) is 10.5. The minimum Gasteiger partial charge on any atom is -0.356 e. The number of para-hydroxylation sites is 2. The predicted octanol–water partition coefficient (Wildman–Crippen LogP) is 1.71. The number of fused-ring (bicyclic) bond motifs is 1. The van der Waals surface area contributed by atoms with E-state index in [0.29, 0.717) is 24.9 Å². The summed E-state index contributed by atoms with van der Waals surface area (Å²) in [5.74, 6) is 1.49. The lowest BCUT2D eigenvalue weighted by Crippen LogP contribution is -2.45. The molecule has 0 amide bonds. The van der Waals surface area contributed by atoms with E-state index in [2.05, 4.69) is 17.6 Å². The highest BCUT2D eigenvalue weighted by Crippen LogP contribution is 2.31. The van der Waals surface area contributed by atoms with E-state index in [1.165, 1.54) is 11.6 Å². The molecule has 3 heterocycles. The predicted molar refractivity (Wildman–Crippen MR) is 111 cm³/mol. The first-order valence-electron chi connectivity index (χ1n) is 9.88. The topological polar surface area (TPSA) is 88.8 Å². The lowest BCUT2D eigenvalue weighted by molar-refractivity contribution is 0.391. The Kier molecular flexibility index (Phi) is 4.74. The van der Waals surface area contributed by atoms with Crippen LogP contribution in [0.4, 0.5) is 5.82 Å². The van der Waals surface area contributed by atoms with E-state index in [4.69, 9.17) is 4.98 Å². The molecule has 0 bridgehead atoms. The average molecular weight is 392 g/mol. The summed E-state index contributed by atoms with van der Waals surface area (Å²) in [6.07, 6.45) is 2.56. The van der Waals surface area contributed by atoms with Crippen molar-refractivity contribution in [1.82, 2.24) is 18.7 Å². The number of piperidine rings is 1. The smallest absolute Gasteiger partial charge is 0.332 e. The molecule has 2 aromatic heterocycles. The van der Waals surface area contributed by atoms with Crippen molar-refractivity contribution < 1.29 is 0 Å². The highest BCUT2D eigenvalue weighted by atomic mass is 16.2. The molecule has 0 unspecified atom stereocenters. The second kappa shape index (κ2) is 7.24. The zero-order valence-corrected chi connectivity index (χ0v) is 16.9. The normalized spacial score (nSPS) is 15.0. The molecule has 1 aliphatic rings. The number of nitrogens with zero attached hydrogens (tertiary/aromatic N) is 6. The number of nitriles is 1. The van der Waals surface area contributed by atoms with Crippen LogP contribution in [0, 0.1) is 11.3 Å². The van der Waals surface area contributed by atoms with E-state index in [9.17, 15) is 14.9 Å². The van der Waals surface area contributed by atoms with Gasteiger partial charge in [-0.3, -0.25) is 13.9 Å². The Bertz CT molecular complexity index is 1240. The minimum atomic E-state index is -0.540. The molecule has 1 saturated heterocycles. The van der Waals surface area contributed by atoms with Crippen molar-refractivity contribution >= 4 is 16.9 Å². The molecule has 3 aromatic rings. The lowest BCUT2D eigenvalue weighted by Gasteiger charge is -2.36. The molecule has 4 rings (SSSR count). The Morgan fingerprint density at radius 2 is 1.83 bits per heavy atom. The largest absolute Gasteiger partial charge is 0.356 e. The first kappa shape index (κ1) is 19.0. The molecule has 0 saturated carbocycles. The molecule has 8 nitrogen and oxygen atoms in total. The van der Waals surface area contributed by atoms with E-state index in [1.54, 1.807) is 7.05 Å². The first-order chi connectivity index (χ1) is 14.0. The van der Waals surface area contributed by atoms with Gasteiger partial charge in [0.1, 0.15) is 17.7 Å². The summed E-state index contributed by atoms with van der Waals surface area (Å²) in [6.45, 7) is 3.44. The second-order valence-corrected chi connectivity index (χ2v) is 7.47. The molecule has 1 fully saturated rings. The number of hydrogen-bond acceptors (Lipinski definition) is 5. The monoisotopic (exact) mass is 392 g/mol. The van der Waals surface area contributed by atoms with E-state index < -0.39 is 11.2 Å². The van der Waals surface area contributed by atoms with E-state index in [0.717, 1.165) is 40.7 Å². The Morgan fingerprint density at radius 3 is 2.48 bits per heavy atom. The van der Waals surface area contributed by atoms with E-state index in [-0.39, 0.29) is 5.56 Å². The third kappa shape index (κ3) is 2.94. The van der Waals surface area contributed by atoms with Gasteiger partial charge < -0.3 is 9.47 Å². The van der Waals surface area contributed by atoms with Crippen LogP contribution in [0.25, 0.3) is 11.0 Å². The third-order valence-corrected chi connectivity index (χ3v) is 5.86. The molecule has 0 N–H and O–H groups in total. The number of rotatable bonds is 3. The van der Waals surface area contributed by atoms with Gasteiger partial charge in [0, 0.05) is 39.6 Å². The van der Waals surface area contributed by atoms with Crippen LogP contribution in [0.3, 0.4) is 0 Å². The first-order valence-corrected chi connectivity index (χ1v) is 9.88. The number of anilines is 1. The summed E-state index contributed by atoms with van der Waals surface area (Å²) in [5, 5.41) is 9.54. The van der Waals surface area contributed by atoms with Crippen LogP contribution < -0.4 is 16.1 Å². The van der Waals surface area contributed by atoms with Crippen molar-refractivity contribution in [3.05, 3.63) is 56.5 Å². The molecule has 0 spiro atoms. The van der Waals surface area contributed by atoms with Gasteiger partial charge in [0.05, 0.1) is 11.0 Å². The Hall–Kier alpha value is -3.34. The van der Waals surface area contributed by atoms with Gasteiger partial charge in [-0.1, -0.05) is 19.1 Å². The van der Waals surface area contributed by atoms with Gasteiger partial charge in [-0.25, -0.2) is 9.78 Å². The molecule has 8 heteroatoms. The van der Waals surface area contributed by atoms with Crippen molar-refractivity contribution in [3.8, 4) is 6.07 Å². The maximum Gasteiger partial charge on any atom is 0.332 e. The van der Waals surface area contributed by atoms with Crippen molar-refractivity contribution in [2.45, 2.75) is 32.2 Å². The maximum absolute atomic E-state index is 12.4. The fourth-order valence-corrected chi connectivity index (χ4v) is 4.39. The Balaban J connectivity index is 1.68. The lowest BCUT2D eigenvalue weighted by atomic mass is 10.0. The van der Waals surface area contributed by atoms with Crippen LogP contribution in [0.15, 0.2) is 33.9 Å². The standard InChI is InChI=1S/C21H24N6O2/c1-4-18-23-16-7-5-6-8-17(16)27(18)14-9-11-26(12-10-14)19-15(13-22)20(28)25(3)21(29)24(19)2/h5-8,14H,4,9-12H2,1-3H3. The van der Waals surface area contributed by atoms with Gasteiger partial charge in [0.25, 0.3) is 5.56 Å². The zero-order chi connectivity index (χ0) is 20.7. The fraction of sp³-hybridized carbons (Fsp3) is 0.429. The minimum absolute atomic E-state index is 0.0235. The SMILES string of the molecule is CCc1nc2ccccc2n1C1CCN(c2c(C#N)c(=O)n(C)c(=O)n2C)CC1. The highest BCUT2D eigenvalue weighted by Gasteiger charge is 2.28. The molecular formula is C21H24N6O2. The third-order valence-electron chi connectivity index (χ3n) is 5.86. The van der Waals surface area contributed by atoms with Crippen LogP contribution >= 0.6 is 0 Å². The van der Waals surface area contributed by atoms with Crippen molar-refractivity contribution in [3.63, 3.8) is 0 Å². The molecule has 29 heavy (non-hydrogen) atoms. The molecule has 1 aliphatic heterocycles. The van der Waals surface area contributed by atoms with Crippen molar-refractivity contribution in [2.75, 3.05) is 18.0 Å². The van der Waals surface area contributed by atoms with Gasteiger partial charge in [-0.2, -0.15) is 5.26 Å². The summed E-state index contributed by atoms with van der Waals surface area (Å²) in [7, 11) is 3.01. The summed E-state index contributed by atoms with van der Waals surface area (Å²) in [5.41, 5.74) is 1.21. The van der Waals surface area contributed by atoms with Crippen LogP contribution in [-0.4, -0.2) is 31.8 Å². The number of hydrogen-bond donors (Lipinski definition) is 0. The van der Waals surface area contributed by atoms with Gasteiger partial charge >= 0.3 is 5.69 Å². The van der Waals surface area contributed by atoms with Crippen molar-refractivity contribution in [1.29, 1.82) is 5.26 Å². The van der Waals surface area contributed by atoms with Crippen LogP contribution in [0.1, 0.15) is 37.2 Å². The number of aryl methyl sites for hydroxylation is 1. The van der Waals surface area contributed by atoms with Gasteiger partial charge in [0.2, 0.25) is 0 Å². The quantitative estimate of drug-likeness (QED) is 0.677. The highest BCUT2D eigenvalue weighted by molar-refractivity contribution is 5.76. The van der Waals surface area contributed by atoms with Crippen LogP contribution in [0.5, 0.6) is 0 Å². The van der Waals surface area contributed by atoms with E-state index in [1.807, 2.05) is 29.2 Å². The maximum atomic E-state index is 12.4. The molecule has 150 valence electrons. The average Bonchev–Trinajstić information content (AvgIpc) is 3.13. The number of aromatic nitrogens is 4. The molecule has 0 radical (unpaired) electrons. The van der Waals surface area contributed by atoms with Crippen LogP contribution in [-0.2, 0) is 20.5 Å². The summed E-state index contributed by atoms with van der Waals surface area (Å²) < 4.78 is 4.73. The molecule has 1 aromatic carbocycles. The summed E-state index contributed by atoms with van der Waals surface area (Å²) in [4.78, 5) is 31.5. The molecular weight excluding hydrogens is 368 g/mol. The summed E-state index contributed by atoms with van der Waals surface area (Å²) >= 11 is 0. The number of imidazole rings is 1. The fourth-order valence-electron chi connectivity index (χ4n) is 4.39. The zero-order valence-electron chi connectivity index (χ0n) is 16.9. The molecule has 0 aliphatic carbocycles.